The first-order valence-electron chi connectivity index (χ1n) is 11.9. The smallest absolute Gasteiger partial charge is 0.0842 e. The Balaban J connectivity index is 1.87. The van der Waals surface area contributed by atoms with Crippen molar-refractivity contribution in [1.82, 2.24) is 0 Å². The standard InChI is InChI=1S/C29H46OS/c1-7-8-21-27(31(3,4,5,6)28-23-18-16-19-24-28)22-17-14-12-10-9-11-13-15-20-25-29-26(2)30-29/h7,10,12-13,15-16,18-19,22-24,26,29H,1,8-9,11,14,17,20-21,25H2,2-6H3/b12-10+,15-13+,27-22+. The Hall–Kier alpha value is -1.51. The number of epoxide rings is 1. The van der Waals surface area contributed by atoms with Gasteiger partial charge in [-0.05, 0) is 93.1 Å². The highest BCUT2D eigenvalue weighted by atomic mass is 32.4. The van der Waals surface area contributed by atoms with Gasteiger partial charge in [0, 0.05) is 0 Å². The minimum atomic E-state index is -2.52. The average molecular weight is 443 g/mol. The molecule has 0 saturated carbocycles. The molecule has 0 N–H and O–H groups in total. The molecule has 2 unspecified atom stereocenters. The van der Waals surface area contributed by atoms with E-state index in [2.05, 4.69) is 105 Å². The molecular weight excluding hydrogens is 396 g/mol. The van der Waals surface area contributed by atoms with Gasteiger partial charge in [-0.3, -0.25) is 0 Å². The normalized spacial score (nSPS) is 21.9. The minimum Gasteiger partial charge on any atom is -0.370 e. The van der Waals surface area contributed by atoms with Gasteiger partial charge in [0.1, 0.15) is 0 Å². The lowest BCUT2D eigenvalue weighted by Crippen LogP contribution is -2.33. The van der Waals surface area contributed by atoms with E-state index in [4.69, 9.17) is 4.74 Å². The van der Waals surface area contributed by atoms with Crippen molar-refractivity contribution in [2.24, 2.45) is 0 Å². The van der Waals surface area contributed by atoms with E-state index in [1.165, 1.54) is 11.3 Å². The van der Waals surface area contributed by atoms with Gasteiger partial charge in [0.25, 0.3) is 0 Å². The van der Waals surface area contributed by atoms with Crippen molar-refractivity contribution < 1.29 is 4.74 Å². The van der Waals surface area contributed by atoms with Crippen LogP contribution in [0.2, 0.25) is 0 Å². The second-order valence-corrected chi connectivity index (χ2v) is 20.4. The van der Waals surface area contributed by atoms with Crippen LogP contribution in [-0.4, -0.2) is 37.2 Å². The lowest BCUT2D eigenvalue weighted by molar-refractivity contribution is 0.371. The molecule has 0 bridgehead atoms. The van der Waals surface area contributed by atoms with E-state index in [-0.39, 0.29) is 0 Å². The second kappa shape index (κ2) is 10.4. The number of hydrogen-bond acceptors (Lipinski definition) is 1. The highest BCUT2D eigenvalue weighted by molar-refractivity contribution is 8.65. The summed E-state index contributed by atoms with van der Waals surface area (Å²) in [5.74, 6) is 0. The lowest BCUT2D eigenvalue weighted by Gasteiger charge is -2.71. The highest BCUT2D eigenvalue weighted by Gasteiger charge is 2.47. The van der Waals surface area contributed by atoms with Gasteiger partial charge < -0.3 is 4.74 Å². The van der Waals surface area contributed by atoms with Crippen LogP contribution in [0.5, 0.6) is 0 Å². The number of hydrogen-bond donors (Lipinski definition) is 0. The van der Waals surface area contributed by atoms with Crippen molar-refractivity contribution in [3.63, 3.8) is 0 Å². The lowest BCUT2D eigenvalue weighted by atomic mass is 10.1. The molecular formula is C29H46OS. The monoisotopic (exact) mass is 442 g/mol. The summed E-state index contributed by atoms with van der Waals surface area (Å²) in [5.41, 5.74) is 0. The first-order valence-corrected chi connectivity index (χ1v) is 16.0. The molecule has 0 spiro atoms. The number of ether oxygens (including phenoxy) is 1. The zero-order valence-electron chi connectivity index (χ0n) is 20.7. The van der Waals surface area contributed by atoms with Crippen LogP contribution in [0.3, 0.4) is 0 Å². The molecule has 1 nitrogen and oxygen atoms in total. The van der Waals surface area contributed by atoms with Crippen molar-refractivity contribution in [3.05, 3.63) is 78.3 Å². The Morgan fingerprint density at radius 1 is 0.871 bits per heavy atom. The van der Waals surface area contributed by atoms with Crippen molar-refractivity contribution in [2.45, 2.75) is 75.4 Å². The molecule has 1 aliphatic heterocycles. The second-order valence-electron chi connectivity index (χ2n) is 11.0. The fourth-order valence-corrected chi connectivity index (χ4v) is 7.75. The first kappa shape index (κ1) is 25.7. The van der Waals surface area contributed by atoms with E-state index in [1.807, 2.05) is 0 Å². The summed E-state index contributed by atoms with van der Waals surface area (Å²) >= 11 is 0. The van der Waals surface area contributed by atoms with Gasteiger partial charge in [-0.25, -0.2) is 8.29 Å². The molecule has 1 aromatic carbocycles. The van der Waals surface area contributed by atoms with Gasteiger partial charge in [0.2, 0.25) is 0 Å². The van der Waals surface area contributed by atoms with E-state index in [0.717, 1.165) is 44.9 Å². The van der Waals surface area contributed by atoms with Crippen molar-refractivity contribution in [1.29, 1.82) is 0 Å². The van der Waals surface area contributed by atoms with Crippen LogP contribution in [0.25, 0.3) is 0 Å². The summed E-state index contributed by atoms with van der Waals surface area (Å²) in [6.07, 6.45) is 33.9. The van der Waals surface area contributed by atoms with Crippen LogP contribution >= 0.6 is 8.29 Å². The van der Waals surface area contributed by atoms with Gasteiger partial charge in [0.15, 0.2) is 0 Å². The molecule has 1 saturated heterocycles. The van der Waals surface area contributed by atoms with Crippen molar-refractivity contribution in [3.8, 4) is 0 Å². The third-order valence-electron chi connectivity index (χ3n) is 6.57. The molecule has 1 aliphatic rings. The number of allylic oxidation sites excluding steroid dienone is 7. The summed E-state index contributed by atoms with van der Waals surface area (Å²) in [4.78, 5) is 3.08. The molecule has 1 fully saturated rings. The van der Waals surface area contributed by atoms with Crippen molar-refractivity contribution in [2.75, 3.05) is 25.0 Å². The fraction of sp³-hybridized carbons (Fsp3) is 0.517. The molecule has 2 heteroatoms. The van der Waals surface area contributed by atoms with Gasteiger partial charge >= 0.3 is 0 Å². The molecule has 0 amide bonds. The molecule has 174 valence electrons. The summed E-state index contributed by atoms with van der Waals surface area (Å²) < 4.78 is 5.44. The van der Waals surface area contributed by atoms with Crippen LogP contribution in [0.4, 0.5) is 0 Å². The summed E-state index contributed by atoms with van der Waals surface area (Å²) in [7, 11) is -2.52. The third-order valence-corrected chi connectivity index (χ3v) is 11.7. The van der Waals surface area contributed by atoms with E-state index in [0.29, 0.717) is 12.2 Å². The van der Waals surface area contributed by atoms with E-state index in [9.17, 15) is 0 Å². The Labute approximate surface area is 191 Å². The highest BCUT2D eigenvalue weighted by Crippen LogP contribution is 2.89. The van der Waals surface area contributed by atoms with Crippen LogP contribution < -0.4 is 0 Å². The molecule has 0 radical (unpaired) electrons. The maximum Gasteiger partial charge on any atom is 0.0842 e. The minimum absolute atomic E-state index is 0.494. The predicted molar refractivity (Wildman–Crippen MR) is 144 cm³/mol. The number of unbranched alkanes of at least 4 members (excludes halogenated alkanes) is 2. The zero-order chi connectivity index (χ0) is 22.9. The van der Waals surface area contributed by atoms with Gasteiger partial charge in [-0.15, -0.1) is 6.58 Å². The summed E-state index contributed by atoms with van der Waals surface area (Å²) in [6.45, 7) is 6.12. The Bertz CT molecular complexity index is 791. The van der Waals surface area contributed by atoms with E-state index < -0.39 is 8.29 Å². The van der Waals surface area contributed by atoms with Gasteiger partial charge in [-0.2, -0.15) is 0 Å². The molecule has 31 heavy (non-hydrogen) atoms. The van der Waals surface area contributed by atoms with Crippen molar-refractivity contribution >= 4 is 8.29 Å². The summed E-state index contributed by atoms with van der Waals surface area (Å²) in [6, 6.07) is 11.1. The first-order chi connectivity index (χ1) is 14.6. The largest absolute Gasteiger partial charge is 0.370 e. The van der Waals surface area contributed by atoms with Gasteiger partial charge in [-0.1, -0.05) is 66.8 Å². The molecule has 0 aromatic heterocycles. The van der Waals surface area contributed by atoms with Crippen LogP contribution in [0.1, 0.15) is 58.3 Å². The zero-order valence-corrected chi connectivity index (χ0v) is 21.5. The topological polar surface area (TPSA) is 12.5 Å². The number of rotatable bonds is 14. The summed E-state index contributed by atoms with van der Waals surface area (Å²) in [5, 5.41) is 0. The van der Waals surface area contributed by atoms with E-state index >= 15 is 0 Å². The fourth-order valence-electron chi connectivity index (χ4n) is 4.16. The quantitative estimate of drug-likeness (QED) is 0.160. The predicted octanol–water partition coefficient (Wildman–Crippen LogP) is 8.53. The Morgan fingerprint density at radius 3 is 1.97 bits per heavy atom. The molecule has 2 atom stereocenters. The Morgan fingerprint density at radius 2 is 1.42 bits per heavy atom. The molecule has 0 aliphatic carbocycles. The van der Waals surface area contributed by atoms with Crippen LogP contribution in [0, 0.1) is 0 Å². The molecule has 2 rings (SSSR count). The van der Waals surface area contributed by atoms with Gasteiger partial charge in [0.05, 0.1) is 12.2 Å². The van der Waals surface area contributed by atoms with E-state index in [1.54, 1.807) is 4.91 Å². The van der Waals surface area contributed by atoms with Crippen LogP contribution in [-0.2, 0) is 4.74 Å². The number of benzene rings is 1. The maximum absolute atomic E-state index is 5.44. The van der Waals surface area contributed by atoms with Crippen LogP contribution in [0.15, 0.2) is 83.2 Å². The average Bonchev–Trinajstić information content (AvgIpc) is 3.43. The molecule has 1 heterocycles. The Kier molecular flexibility index (Phi) is 8.64. The third kappa shape index (κ3) is 7.84. The maximum atomic E-state index is 5.44. The SMILES string of the molecule is C=CCC/C(=C\CC/C=C/CC/C=C/CCC1OC1C)S(C)(C)(C)(C)c1ccccc1. The molecule has 1 aromatic rings.